The minimum atomic E-state index is -0.330. The van der Waals surface area contributed by atoms with E-state index < -0.39 is 0 Å². The smallest absolute Gasteiger partial charge is 0.267 e. The molecule has 1 fully saturated rings. The predicted octanol–water partition coefficient (Wildman–Crippen LogP) is 4.09. The van der Waals surface area contributed by atoms with Gasteiger partial charge in [-0.15, -0.1) is 10.2 Å². The SMILES string of the molecule is COc1ccc(C)cc1-n1c(=O)c2ccccc2n2c(SC(C)C(=O)N3CCC(C)CC3)nnc12. The predicted molar refractivity (Wildman–Crippen MR) is 138 cm³/mol. The molecular formula is C26H29N5O3S. The second-order valence-electron chi connectivity index (χ2n) is 9.22. The molecule has 35 heavy (non-hydrogen) atoms. The first-order valence-corrected chi connectivity index (χ1v) is 12.8. The first kappa shape index (κ1) is 23.4. The van der Waals surface area contributed by atoms with E-state index >= 15 is 0 Å². The Bertz CT molecular complexity index is 1470. The molecule has 4 aromatic rings. The largest absolute Gasteiger partial charge is 0.495 e. The number of ether oxygens (including phenoxy) is 1. The summed E-state index contributed by atoms with van der Waals surface area (Å²) in [5.74, 6) is 1.71. The number of piperidine rings is 1. The van der Waals surface area contributed by atoms with E-state index in [0.29, 0.717) is 39.2 Å². The number of hydrogen-bond donors (Lipinski definition) is 0. The Morgan fingerprint density at radius 1 is 1.14 bits per heavy atom. The number of benzene rings is 2. The van der Waals surface area contributed by atoms with Gasteiger partial charge < -0.3 is 9.64 Å². The van der Waals surface area contributed by atoms with E-state index in [4.69, 9.17) is 4.74 Å². The third-order valence-corrected chi connectivity index (χ3v) is 7.73. The Morgan fingerprint density at radius 2 is 1.89 bits per heavy atom. The first-order chi connectivity index (χ1) is 16.9. The number of hydrogen-bond acceptors (Lipinski definition) is 6. The van der Waals surface area contributed by atoms with Gasteiger partial charge in [0.15, 0.2) is 5.16 Å². The molecular weight excluding hydrogens is 462 g/mol. The molecule has 182 valence electrons. The lowest BCUT2D eigenvalue weighted by Crippen LogP contribution is -2.41. The summed E-state index contributed by atoms with van der Waals surface area (Å²) in [5.41, 5.74) is 2.09. The lowest BCUT2D eigenvalue weighted by atomic mass is 9.99. The number of rotatable bonds is 5. The maximum absolute atomic E-state index is 13.7. The average molecular weight is 492 g/mol. The fourth-order valence-electron chi connectivity index (χ4n) is 4.64. The molecule has 0 saturated carbocycles. The minimum Gasteiger partial charge on any atom is -0.495 e. The standard InChI is InChI=1S/C26H29N5O3S/c1-16-11-13-29(14-12-16)23(32)18(3)35-26-28-27-25-30(21-15-17(2)9-10-22(21)34-4)24(33)19-7-5-6-8-20(19)31(25)26/h5-10,15-16,18H,11-14H2,1-4H3. The minimum absolute atomic E-state index is 0.108. The Hall–Kier alpha value is -3.33. The number of aryl methyl sites for hydroxylation is 1. The fraction of sp³-hybridized carbons (Fsp3) is 0.385. The highest BCUT2D eigenvalue weighted by Crippen LogP contribution is 2.30. The van der Waals surface area contributed by atoms with Crippen molar-refractivity contribution in [2.75, 3.05) is 20.2 Å². The van der Waals surface area contributed by atoms with Gasteiger partial charge in [0.05, 0.1) is 29.0 Å². The van der Waals surface area contributed by atoms with Crippen molar-refractivity contribution in [2.24, 2.45) is 5.92 Å². The number of carbonyl (C=O) groups is 1. The van der Waals surface area contributed by atoms with Crippen molar-refractivity contribution in [1.29, 1.82) is 0 Å². The summed E-state index contributed by atoms with van der Waals surface area (Å²) in [4.78, 5) is 28.8. The van der Waals surface area contributed by atoms with E-state index in [2.05, 4.69) is 17.1 Å². The van der Waals surface area contributed by atoms with E-state index in [9.17, 15) is 9.59 Å². The van der Waals surface area contributed by atoms with Gasteiger partial charge in [0.25, 0.3) is 5.56 Å². The van der Waals surface area contributed by atoms with Crippen LogP contribution >= 0.6 is 11.8 Å². The molecule has 9 heteroatoms. The van der Waals surface area contributed by atoms with Crippen molar-refractivity contribution in [2.45, 2.75) is 44.0 Å². The molecule has 0 aliphatic carbocycles. The molecule has 1 saturated heterocycles. The molecule has 5 rings (SSSR count). The normalized spacial score (nSPS) is 15.6. The van der Waals surface area contributed by atoms with E-state index in [0.717, 1.165) is 31.5 Å². The van der Waals surface area contributed by atoms with Crippen LogP contribution in [-0.2, 0) is 4.79 Å². The van der Waals surface area contributed by atoms with Crippen LogP contribution in [0.1, 0.15) is 32.3 Å². The molecule has 0 N–H and O–H groups in total. The maximum Gasteiger partial charge on any atom is 0.267 e. The quantitative estimate of drug-likeness (QED) is 0.391. The molecule has 1 unspecified atom stereocenters. The summed E-state index contributed by atoms with van der Waals surface area (Å²) in [7, 11) is 1.58. The Balaban J connectivity index is 1.64. The number of methoxy groups -OCH3 is 1. The van der Waals surface area contributed by atoms with Crippen molar-refractivity contribution in [3.63, 3.8) is 0 Å². The van der Waals surface area contributed by atoms with Gasteiger partial charge in [0.1, 0.15) is 5.75 Å². The lowest BCUT2D eigenvalue weighted by Gasteiger charge is -2.31. The van der Waals surface area contributed by atoms with E-state index in [1.807, 2.05) is 59.5 Å². The van der Waals surface area contributed by atoms with Gasteiger partial charge in [-0.1, -0.05) is 36.9 Å². The molecule has 2 aromatic heterocycles. The molecule has 2 aromatic carbocycles. The molecule has 1 amide bonds. The fourth-order valence-corrected chi connectivity index (χ4v) is 5.58. The van der Waals surface area contributed by atoms with Gasteiger partial charge in [-0.05, 0) is 62.4 Å². The maximum atomic E-state index is 13.7. The van der Waals surface area contributed by atoms with Crippen molar-refractivity contribution in [1.82, 2.24) is 24.1 Å². The highest BCUT2D eigenvalue weighted by atomic mass is 32.2. The number of thioether (sulfide) groups is 1. The van der Waals surface area contributed by atoms with E-state index in [1.165, 1.54) is 11.8 Å². The number of fused-ring (bicyclic) bond motifs is 3. The van der Waals surface area contributed by atoms with Crippen molar-refractivity contribution < 1.29 is 9.53 Å². The van der Waals surface area contributed by atoms with Gasteiger partial charge in [0.2, 0.25) is 11.7 Å². The summed E-state index contributed by atoms with van der Waals surface area (Å²) >= 11 is 1.37. The summed E-state index contributed by atoms with van der Waals surface area (Å²) in [6.07, 6.45) is 2.07. The van der Waals surface area contributed by atoms with Crippen molar-refractivity contribution >= 4 is 34.3 Å². The highest BCUT2D eigenvalue weighted by Gasteiger charge is 2.27. The van der Waals surface area contributed by atoms with Gasteiger partial charge in [-0.25, -0.2) is 4.57 Å². The average Bonchev–Trinajstić information content (AvgIpc) is 3.27. The van der Waals surface area contributed by atoms with Crippen molar-refractivity contribution in [3.05, 3.63) is 58.4 Å². The summed E-state index contributed by atoms with van der Waals surface area (Å²) in [6.45, 7) is 7.69. The van der Waals surface area contributed by atoms with Gasteiger partial charge in [0, 0.05) is 13.1 Å². The van der Waals surface area contributed by atoms with E-state index in [1.54, 1.807) is 17.7 Å². The number of nitrogens with zero attached hydrogens (tertiary/aromatic N) is 5. The summed E-state index contributed by atoms with van der Waals surface area (Å²) in [5, 5.41) is 9.63. The number of amides is 1. The number of para-hydroxylation sites is 1. The summed E-state index contributed by atoms with van der Waals surface area (Å²) in [6, 6.07) is 13.1. The molecule has 1 aliphatic rings. The third kappa shape index (κ3) is 4.18. The third-order valence-electron chi connectivity index (χ3n) is 6.70. The monoisotopic (exact) mass is 491 g/mol. The zero-order valence-electron chi connectivity index (χ0n) is 20.4. The zero-order valence-corrected chi connectivity index (χ0v) is 21.2. The van der Waals surface area contributed by atoms with Crippen LogP contribution in [0.25, 0.3) is 22.4 Å². The zero-order chi connectivity index (χ0) is 24.7. The summed E-state index contributed by atoms with van der Waals surface area (Å²) < 4.78 is 8.99. The van der Waals surface area contributed by atoms with E-state index in [-0.39, 0.29) is 16.7 Å². The molecule has 1 atom stereocenters. The van der Waals surface area contributed by atoms with Gasteiger partial charge in [-0.3, -0.25) is 14.0 Å². The van der Waals surface area contributed by atoms with Crippen LogP contribution in [0.15, 0.2) is 52.4 Å². The topological polar surface area (TPSA) is 81.7 Å². The lowest BCUT2D eigenvalue weighted by molar-refractivity contribution is -0.131. The van der Waals surface area contributed by atoms with Crippen LogP contribution in [-0.4, -0.2) is 55.4 Å². The molecule has 3 heterocycles. The molecule has 8 nitrogen and oxygen atoms in total. The number of aromatic nitrogens is 4. The van der Waals surface area contributed by atoms with Gasteiger partial charge >= 0.3 is 0 Å². The van der Waals surface area contributed by atoms with Crippen LogP contribution in [0.4, 0.5) is 0 Å². The number of likely N-dealkylation sites (tertiary alicyclic amines) is 1. The van der Waals surface area contributed by atoms with Gasteiger partial charge in [-0.2, -0.15) is 0 Å². The molecule has 0 bridgehead atoms. The molecule has 0 spiro atoms. The van der Waals surface area contributed by atoms with Crippen LogP contribution in [0.2, 0.25) is 0 Å². The second-order valence-corrected chi connectivity index (χ2v) is 10.5. The van der Waals surface area contributed by atoms with Crippen LogP contribution in [0, 0.1) is 12.8 Å². The number of carbonyl (C=O) groups excluding carboxylic acids is 1. The van der Waals surface area contributed by atoms with Crippen LogP contribution in [0.5, 0.6) is 5.75 Å². The Morgan fingerprint density at radius 3 is 2.63 bits per heavy atom. The molecule has 1 aliphatic heterocycles. The van der Waals surface area contributed by atoms with Crippen molar-refractivity contribution in [3.8, 4) is 11.4 Å². The van der Waals surface area contributed by atoms with Crippen LogP contribution in [0.3, 0.4) is 0 Å². The highest BCUT2D eigenvalue weighted by molar-refractivity contribution is 8.00. The molecule has 0 radical (unpaired) electrons. The second kappa shape index (κ2) is 9.37. The van der Waals surface area contributed by atoms with Crippen LogP contribution < -0.4 is 10.3 Å². The Labute approximate surface area is 207 Å². The Kier molecular flexibility index (Phi) is 6.27. The first-order valence-electron chi connectivity index (χ1n) is 11.9.